The fraction of sp³-hybridized carbons (Fsp3) is 0.643. The summed E-state index contributed by atoms with van der Waals surface area (Å²) >= 11 is 0. The van der Waals surface area contributed by atoms with E-state index in [0.29, 0.717) is 31.6 Å². The van der Waals surface area contributed by atoms with Gasteiger partial charge in [0.15, 0.2) is 0 Å². The number of ether oxygens (including phenoxy) is 1. The summed E-state index contributed by atoms with van der Waals surface area (Å²) in [5, 5.41) is 12.1. The van der Waals surface area contributed by atoms with E-state index in [4.69, 9.17) is 14.3 Å². The molecule has 5 heteroatoms. The first-order valence-corrected chi connectivity index (χ1v) is 6.89. The van der Waals surface area contributed by atoms with Crippen LogP contribution in [0.25, 0.3) is 0 Å². The fourth-order valence-corrected chi connectivity index (χ4v) is 2.40. The van der Waals surface area contributed by atoms with Gasteiger partial charge in [-0.25, -0.2) is 4.79 Å². The SMILES string of the molecule is O=C(O)c1ccoc1CNCCOC1CCCCC1. The van der Waals surface area contributed by atoms with Crippen LogP contribution in [0.2, 0.25) is 0 Å². The van der Waals surface area contributed by atoms with E-state index in [1.165, 1.54) is 44.4 Å². The van der Waals surface area contributed by atoms with Crippen molar-refractivity contribution in [2.75, 3.05) is 13.2 Å². The third kappa shape index (κ3) is 4.36. The van der Waals surface area contributed by atoms with E-state index in [1.54, 1.807) is 0 Å². The number of furan rings is 1. The summed E-state index contributed by atoms with van der Waals surface area (Å²) in [4.78, 5) is 10.9. The van der Waals surface area contributed by atoms with Gasteiger partial charge in [0.2, 0.25) is 0 Å². The molecule has 1 aliphatic rings. The molecule has 106 valence electrons. The first kappa shape index (κ1) is 14.1. The Morgan fingerprint density at radius 3 is 2.95 bits per heavy atom. The van der Waals surface area contributed by atoms with Crippen molar-refractivity contribution in [3.8, 4) is 0 Å². The van der Waals surface area contributed by atoms with Crippen LogP contribution in [0.15, 0.2) is 16.7 Å². The topological polar surface area (TPSA) is 71.7 Å². The highest BCUT2D eigenvalue weighted by Gasteiger charge is 2.14. The van der Waals surface area contributed by atoms with Crippen molar-refractivity contribution in [1.82, 2.24) is 5.32 Å². The Bertz CT molecular complexity index is 396. The lowest BCUT2D eigenvalue weighted by Gasteiger charge is -2.21. The first-order chi connectivity index (χ1) is 9.27. The molecule has 0 amide bonds. The smallest absolute Gasteiger partial charge is 0.339 e. The summed E-state index contributed by atoms with van der Waals surface area (Å²) in [6.07, 6.45) is 8.02. The molecule has 2 N–H and O–H groups in total. The zero-order chi connectivity index (χ0) is 13.5. The summed E-state index contributed by atoms with van der Waals surface area (Å²) in [7, 11) is 0. The Kier molecular flexibility index (Phi) is 5.42. The number of carboxylic acid groups (broad SMARTS) is 1. The van der Waals surface area contributed by atoms with Gasteiger partial charge >= 0.3 is 5.97 Å². The van der Waals surface area contributed by atoms with Gasteiger partial charge in [-0.2, -0.15) is 0 Å². The highest BCUT2D eigenvalue weighted by molar-refractivity contribution is 5.88. The van der Waals surface area contributed by atoms with Crippen LogP contribution >= 0.6 is 0 Å². The molecule has 1 aliphatic carbocycles. The van der Waals surface area contributed by atoms with E-state index in [-0.39, 0.29) is 5.56 Å². The van der Waals surface area contributed by atoms with Crippen LogP contribution in [-0.4, -0.2) is 30.3 Å². The number of nitrogens with one attached hydrogen (secondary N) is 1. The summed E-state index contributed by atoms with van der Waals surface area (Å²) in [5.74, 6) is -0.492. The predicted octanol–water partition coefficient (Wildman–Crippen LogP) is 2.42. The molecular weight excluding hydrogens is 246 g/mol. The van der Waals surface area contributed by atoms with Crippen molar-refractivity contribution >= 4 is 5.97 Å². The van der Waals surface area contributed by atoms with E-state index in [9.17, 15) is 4.79 Å². The van der Waals surface area contributed by atoms with Crippen molar-refractivity contribution in [2.24, 2.45) is 0 Å². The Labute approximate surface area is 112 Å². The molecule has 1 aromatic heterocycles. The maximum Gasteiger partial charge on any atom is 0.339 e. The lowest BCUT2D eigenvalue weighted by atomic mass is 9.98. The number of hydrogen-bond acceptors (Lipinski definition) is 4. The van der Waals surface area contributed by atoms with Gasteiger partial charge in [-0.05, 0) is 18.9 Å². The molecule has 2 rings (SSSR count). The van der Waals surface area contributed by atoms with Gasteiger partial charge in [0.05, 0.1) is 25.5 Å². The van der Waals surface area contributed by atoms with Crippen LogP contribution in [0.4, 0.5) is 0 Å². The quantitative estimate of drug-likeness (QED) is 0.742. The van der Waals surface area contributed by atoms with Crippen LogP contribution in [-0.2, 0) is 11.3 Å². The van der Waals surface area contributed by atoms with Gasteiger partial charge in [-0.1, -0.05) is 19.3 Å². The minimum absolute atomic E-state index is 0.223. The molecule has 5 nitrogen and oxygen atoms in total. The maximum absolute atomic E-state index is 10.9. The van der Waals surface area contributed by atoms with Gasteiger partial charge in [0, 0.05) is 6.54 Å². The second-order valence-corrected chi connectivity index (χ2v) is 4.87. The second kappa shape index (κ2) is 7.31. The number of aromatic carboxylic acids is 1. The molecule has 0 spiro atoms. The first-order valence-electron chi connectivity index (χ1n) is 6.89. The van der Waals surface area contributed by atoms with Crippen molar-refractivity contribution in [1.29, 1.82) is 0 Å². The minimum atomic E-state index is -0.955. The molecule has 0 aromatic carbocycles. The summed E-state index contributed by atoms with van der Waals surface area (Å²) < 4.78 is 10.9. The normalized spacial score (nSPS) is 16.6. The zero-order valence-electron chi connectivity index (χ0n) is 11.1. The molecule has 0 unspecified atom stereocenters. The van der Waals surface area contributed by atoms with Crippen molar-refractivity contribution in [3.63, 3.8) is 0 Å². The van der Waals surface area contributed by atoms with E-state index < -0.39 is 5.97 Å². The van der Waals surface area contributed by atoms with Crippen LogP contribution in [0.1, 0.15) is 48.2 Å². The van der Waals surface area contributed by atoms with Gasteiger partial charge < -0.3 is 19.6 Å². The van der Waals surface area contributed by atoms with Gasteiger partial charge in [-0.15, -0.1) is 0 Å². The van der Waals surface area contributed by atoms with Crippen molar-refractivity contribution in [3.05, 3.63) is 23.7 Å². The van der Waals surface area contributed by atoms with E-state index in [0.717, 1.165) is 0 Å². The predicted molar refractivity (Wildman–Crippen MR) is 70.2 cm³/mol. The minimum Gasteiger partial charge on any atom is -0.478 e. The standard InChI is InChI=1S/C14H21NO4/c16-14(17)12-6-8-19-13(12)10-15-7-9-18-11-4-2-1-3-5-11/h6,8,11,15H,1-5,7,9-10H2,(H,16,17). The van der Waals surface area contributed by atoms with E-state index in [2.05, 4.69) is 5.32 Å². The lowest BCUT2D eigenvalue weighted by Crippen LogP contribution is -2.24. The number of hydrogen-bond donors (Lipinski definition) is 2. The average molecular weight is 267 g/mol. The molecule has 0 radical (unpaired) electrons. The van der Waals surface area contributed by atoms with Crippen LogP contribution in [0.5, 0.6) is 0 Å². The largest absolute Gasteiger partial charge is 0.478 e. The van der Waals surface area contributed by atoms with Crippen molar-refractivity contribution < 1.29 is 19.1 Å². The highest BCUT2D eigenvalue weighted by atomic mass is 16.5. The Hall–Kier alpha value is -1.33. The van der Waals surface area contributed by atoms with Gasteiger partial charge in [0.1, 0.15) is 11.3 Å². The Morgan fingerprint density at radius 2 is 2.21 bits per heavy atom. The molecule has 1 aromatic rings. The monoisotopic (exact) mass is 267 g/mol. The molecule has 0 bridgehead atoms. The summed E-state index contributed by atoms with van der Waals surface area (Å²) in [5.41, 5.74) is 0.223. The lowest BCUT2D eigenvalue weighted by molar-refractivity contribution is 0.0301. The molecular formula is C14H21NO4. The third-order valence-electron chi connectivity index (χ3n) is 3.45. The molecule has 19 heavy (non-hydrogen) atoms. The fourth-order valence-electron chi connectivity index (χ4n) is 2.40. The van der Waals surface area contributed by atoms with Gasteiger partial charge in [0.25, 0.3) is 0 Å². The average Bonchev–Trinajstić information content (AvgIpc) is 2.88. The zero-order valence-corrected chi connectivity index (χ0v) is 11.1. The number of carbonyl (C=O) groups is 1. The van der Waals surface area contributed by atoms with Crippen LogP contribution in [0, 0.1) is 0 Å². The number of carboxylic acids is 1. The van der Waals surface area contributed by atoms with E-state index >= 15 is 0 Å². The van der Waals surface area contributed by atoms with Crippen LogP contribution < -0.4 is 5.32 Å². The summed E-state index contributed by atoms with van der Waals surface area (Å²) in [6, 6.07) is 1.47. The second-order valence-electron chi connectivity index (χ2n) is 4.87. The molecule has 0 aliphatic heterocycles. The van der Waals surface area contributed by atoms with Gasteiger partial charge in [-0.3, -0.25) is 0 Å². The highest BCUT2D eigenvalue weighted by Crippen LogP contribution is 2.19. The maximum atomic E-state index is 10.9. The molecule has 1 heterocycles. The summed E-state index contributed by atoms with van der Waals surface area (Å²) in [6.45, 7) is 1.78. The Balaban J connectivity index is 1.61. The molecule has 1 saturated carbocycles. The van der Waals surface area contributed by atoms with E-state index in [1.807, 2.05) is 0 Å². The number of rotatable bonds is 7. The molecule has 0 saturated heterocycles. The molecule has 1 fully saturated rings. The third-order valence-corrected chi connectivity index (χ3v) is 3.45. The van der Waals surface area contributed by atoms with Crippen LogP contribution in [0.3, 0.4) is 0 Å². The van der Waals surface area contributed by atoms with Crippen molar-refractivity contribution in [2.45, 2.75) is 44.8 Å². The Morgan fingerprint density at radius 1 is 1.42 bits per heavy atom. The molecule has 0 atom stereocenters.